The predicted molar refractivity (Wildman–Crippen MR) is 56.5 cm³/mol. The molecule has 0 aliphatic carbocycles. The van der Waals surface area contributed by atoms with E-state index in [0.717, 1.165) is 11.3 Å². The molecule has 0 bridgehead atoms. The van der Waals surface area contributed by atoms with Crippen molar-refractivity contribution in [3.63, 3.8) is 0 Å². The van der Waals surface area contributed by atoms with Crippen molar-refractivity contribution in [2.45, 2.75) is 6.42 Å². The Balaban J connectivity index is 2.34. The number of benzene rings is 1. The third-order valence-corrected chi connectivity index (χ3v) is 2.41. The van der Waals surface area contributed by atoms with E-state index in [4.69, 9.17) is 5.26 Å². The molecule has 1 heterocycles. The average molecular weight is 201 g/mol. The zero-order chi connectivity index (χ0) is 10.7. The van der Waals surface area contributed by atoms with E-state index >= 15 is 0 Å². The molecule has 0 atom stereocenters. The Kier molecular flexibility index (Phi) is 2.55. The molecule has 1 fully saturated rings. The van der Waals surface area contributed by atoms with E-state index in [-0.39, 0.29) is 6.03 Å². The van der Waals surface area contributed by atoms with Crippen molar-refractivity contribution in [3.05, 3.63) is 29.8 Å². The first-order chi connectivity index (χ1) is 7.33. The lowest BCUT2D eigenvalue weighted by Crippen LogP contribution is -2.28. The van der Waals surface area contributed by atoms with Gasteiger partial charge in [-0.05, 0) is 11.6 Å². The second-order valence-corrected chi connectivity index (χ2v) is 3.35. The highest BCUT2D eigenvalue weighted by Gasteiger charge is 2.22. The number of amides is 2. The first-order valence-electron chi connectivity index (χ1n) is 4.83. The summed E-state index contributed by atoms with van der Waals surface area (Å²) in [6, 6.07) is 9.53. The minimum atomic E-state index is -0.0830. The van der Waals surface area contributed by atoms with Crippen LogP contribution in [0.15, 0.2) is 24.3 Å². The maximum absolute atomic E-state index is 11.5. The fraction of sp³-hybridized carbons (Fsp3) is 0.273. The van der Waals surface area contributed by atoms with E-state index in [1.54, 1.807) is 4.90 Å². The monoisotopic (exact) mass is 201 g/mol. The van der Waals surface area contributed by atoms with Gasteiger partial charge < -0.3 is 5.32 Å². The van der Waals surface area contributed by atoms with Crippen molar-refractivity contribution in [2.24, 2.45) is 0 Å². The summed E-state index contributed by atoms with van der Waals surface area (Å²) in [5.74, 6) is 0. The van der Waals surface area contributed by atoms with Crippen LogP contribution in [-0.2, 0) is 6.42 Å². The third-order valence-electron chi connectivity index (χ3n) is 2.41. The zero-order valence-corrected chi connectivity index (χ0v) is 8.23. The van der Waals surface area contributed by atoms with Crippen LogP contribution in [0.5, 0.6) is 0 Å². The van der Waals surface area contributed by atoms with Gasteiger partial charge in [-0.15, -0.1) is 0 Å². The quantitative estimate of drug-likeness (QED) is 0.783. The lowest BCUT2D eigenvalue weighted by molar-refractivity contribution is 0.252. The van der Waals surface area contributed by atoms with Gasteiger partial charge in [0, 0.05) is 18.8 Å². The third kappa shape index (κ3) is 1.77. The van der Waals surface area contributed by atoms with Crippen molar-refractivity contribution in [3.8, 4) is 6.07 Å². The number of urea groups is 1. The highest BCUT2D eigenvalue weighted by atomic mass is 16.2. The summed E-state index contributed by atoms with van der Waals surface area (Å²) in [5, 5.41) is 11.4. The number of rotatable bonds is 2. The van der Waals surface area contributed by atoms with Crippen molar-refractivity contribution in [1.82, 2.24) is 5.32 Å². The largest absolute Gasteiger partial charge is 0.336 e. The smallest absolute Gasteiger partial charge is 0.322 e. The number of para-hydroxylation sites is 1. The molecular formula is C11H11N3O. The van der Waals surface area contributed by atoms with Crippen molar-refractivity contribution in [1.29, 1.82) is 5.26 Å². The molecule has 4 heteroatoms. The Labute approximate surface area is 88.1 Å². The molecule has 76 valence electrons. The van der Waals surface area contributed by atoms with Gasteiger partial charge in [-0.2, -0.15) is 5.26 Å². The second-order valence-electron chi connectivity index (χ2n) is 3.35. The van der Waals surface area contributed by atoms with Crippen LogP contribution in [0.25, 0.3) is 0 Å². The molecule has 2 rings (SSSR count). The van der Waals surface area contributed by atoms with Crippen LogP contribution in [-0.4, -0.2) is 19.1 Å². The number of nitrogens with one attached hydrogen (secondary N) is 1. The molecule has 4 nitrogen and oxygen atoms in total. The summed E-state index contributed by atoms with van der Waals surface area (Å²) >= 11 is 0. The van der Waals surface area contributed by atoms with E-state index < -0.39 is 0 Å². The molecule has 1 aliphatic heterocycles. The Morgan fingerprint density at radius 2 is 2.27 bits per heavy atom. The van der Waals surface area contributed by atoms with Crippen LogP contribution in [0, 0.1) is 11.3 Å². The summed E-state index contributed by atoms with van der Waals surface area (Å²) < 4.78 is 0. The van der Waals surface area contributed by atoms with E-state index in [9.17, 15) is 4.79 Å². The molecule has 1 saturated heterocycles. The molecule has 0 aromatic heterocycles. The van der Waals surface area contributed by atoms with Crippen LogP contribution in [0.3, 0.4) is 0 Å². The van der Waals surface area contributed by atoms with Crippen LogP contribution >= 0.6 is 0 Å². The number of anilines is 1. The van der Waals surface area contributed by atoms with E-state index in [1.165, 1.54) is 0 Å². The Morgan fingerprint density at radius 1 is 1.47 bits per heavy atom. The van der Waals surface area contributed by atoms with Gasteiger partial charge in [-0.3, -0.25) is 4.90 Å². The standard InChI is InChI=1S/C11H11N3O/c12-6-5-9-3-1-2-4-10(9)14-8-7-13-11(14)15/h1-4H,5,7-8H2,(H,13,15). The normalized spacial score (nSPS) is 14.9. The molecule has 1 N–H and O–H groups in total. The summed E-state index contributed by atoms with van der Waals surface area (Å²) in [6.45, 7) is 1.33. The van der Waals surface area contributed by atoms with Crippen LogP contribution in [0.2, 0.25) is 0 Å². The lowest BCUT2D eigenvalue weighted by Gasteiger charge is -2.17. The van der Waals surface area contributed by atoms with Gasteiger partial charge in [0.05, 0.1) is 12.5 Å². The molecular weight excluding hydrogens is 190 g/mol. The molecule has 1 aromatic carbocycles. The Hall–Kier alpha value is -2.02. The van der Waals surface area contributed by atoms with Gasteiger partial charge in [0.15, 0.2) is 0 Å². The summed E-state index contributed by atoms with van der Waals surface area (Å²) in [6.07, 6.45) is 0.333. The van der Waals surface area contributed by atoms with Gasteiger partial charge in [-0.25, -0.2) is 4.79 Å². The highest BCUT2D eigenvalue weighted by Crippen LogP contribution is 2.22. The molecule has 1 aromatic rings. The molecule has 15 heavy (non-hydrogen) atoms. The molecule has 0 saturated carbocycles. The second kappa shape index (κ2) is 4.01. The minimum absolute atomic E-state index is 0.0830. The highest BCUT2D eigenvalue weighted by molar-refractivity contribution is 5.94. The van der Waals surface area contributed by atoms with Crippen molar-refractivity contribution in [2.75, 3.05) is 18.0 Å². The number of carbonyl (C=O) groups is 1. The number of nitrogens with zero attached hydrogens (tertiary/aromatic N) is 2. The molecule has 1 aliphatic rings. The minimum Gasteiger partial charge on any atom is -0.336 e. The SMILES string of the molecule is N#CCc1ccccc1N1CCNC1=O. The fourth-order valence-electron chi connectivity index (χ4n) is 1.71. The van der Waals surface area contributed by atoms with Crippen LogP contribution in [0.1, 0.15) is 5.56 Å². The average Bonchev–Trinajstić information content (AvgIpc) is 2.66. The van der Waals surface area contributed by atoms with Gasteiger partial charge in [0.25, 0.3) is 0 Å². The maximum Gasteiger partial charge on any atom is 0.322 e. The summed E-state index contributed by atoms with van der Waals surface area (Å²) in [7, 11) is 0. The van der Waals surface area contributed by atoms with Gasteiger partial charge in [0.1, 0.15) is 0 Å². The van der Waals surface area contributed by atoms with Gasteiger partial charge in [-0.1, -0.05) is 18.2 Å². The molecule has 0 unspecified atom stereocenters. The number of hydrogen-bond acceptors (Lipinski definition) is 2. The predicted octanol–water partition coefficient (Wildman–Crippen LogP) is 1.28. The summed E-state index contributed by atoms with van der Waals surface area (Å²) in [4.78, 5) is 13.1. The lowest BCUT2D eigenvalue weighted by atomic mass is 10.1. The van der Waals surface area contributed by atoms with Crippen molar-refractivity contribution >= 4 is 11.7 Å². The topological polar surface area (TPSA) is 56.1 Å². The molecule has 0 spiro atoms. The Bertz CT molecular complexity index is 422. The molecule has 2 amide bonds. The fourth-order valence-corrected chi connectivity index (χ4v) is 1.71. The Morgan fingerprint density at radius 3 is 2.93 bits per heavy atom. The van der Waals surface area contributed by atoms with Crippen molar-refractivity contribution < 1.29 is 4.79 Å². The van der Waals surface area contributed by atoms with E-state index in [0.29, 0.717) is 19.5 Å². The maximum atomic E-state index is 11.5. The van der Waals surface area contributed by atoms with E-state index in [1.807, 2.05) is 24.3 Å². The van der Waals surface area contributed by atoms with Crippen LogP contribution < -0.4 is 10.2 Å². The summed E-state index contributed by atoms with van der Waals surface area (Å²) in [5.41, 5.74) is 1.74. The van der Waals surface area contributed by atoms with Gasteiger partial charge in [0.2, 0.25) is 0 Å². The zero-order valence-electron chi connectivity index (χ0n) is 8.23. The number of nitriles is 1. The first-order valence-corrected chi connectivity index (χ1v) is 4.83. The van der Waals surface area contributed by atoms with Gasteiger partial charge >= 0.3 is 6.03 Å². The number of hydrogen-bond donors (Lipinski definition) is 1. The van der Waals surface area contributed by atoms with E-state index in [2.05, 4.69) is 11.4 Å². The molecule has 0 radical (unpaired) electrons. The van der Waals surface area contributed by atoms with Crippen LogP contribution in [0.4, 0.5) is 10.5 Å². The first kappa shape index (κ1) is 9.53. The number of carbonyl (C=O) groups excluding carboxylic acids is 1.